The second-order valence-corrected chi connectivity index (χ2v) is 6.21. The predicted octanol–water partition coefficient (Wildman–Crippen LogP) is 3.35. The highest BCUT2D eigenvalue weighted by atomic mass is 79.9. The van der Waals surface area contributed by atoms with Gasteiger partial charge in [-0.15, -0.1) is 0 Å². The molecule has 0 saturated carbocycles. The van der Waals surface area contributed by atoms with Gasteiger partial charge in [0, 0.05) is 23.7 Å². The fourth-order valence-electron chi connectivity index (χ4n) is 2.34. The van der Waals surface area contributed by atoms with Crippen molar-refractivity contribution in [3.8, 4) is 11.5 Å². The largest absolute Gasteiger partial charge is 0.503 e. The average molecular weight is 395 g/mol. The van der Waals surface area contributed by atoms with Gasteiger partial charge in [-0.25, -0.2) is 0 Å². The highest BCUT2D eigenvalue weighted by Crippen LogP contribution is 2.45. The van der Waals surface area contributed by atoms with Gasteiger partial charge in [0.15, 0.2) is 11.5 Å². The van der Waals surface area contributed by atoms with Crippen LogP contribution in [-0.2, 0) is 4.74 Å². The van der Waals surface area contributed by atoms with E-state index >= 15 is 0 Å². The van der Waals surface area contributed by atoms with Gasteiger partial charge < -0.3 is 20.3 Å². The van der Waals surface area contributed by atoms with E-state index in [1.807, 2.05) is 0 Å². The molecule has 0 spiro atoms. The number of phenolic OH excluding ortho intramolecular Hbond substituents is 1. The predicted molar refractivity (Wildman–Crippen MR) is 80.5 cm³/mol. The lowest BCUT2D eigenvalue weighted by Gasteiger charge is -2.29. The molecule has 19 heavy (non-hydrogen) atoms. The number of halogens is 2. The third-order valence-electron chi connectivity index (χ3n) is 3.53. The van der Waals surface area contributed by atoms with Crippen molar-refractivity contribution < 1.29 is 14.6 Å². The summed E-state index contributed by atoms with van der Waals surface area (Å²) in [5.74, 6) is 0.885. The first-order chi connectivity index (χ1) is 9.06. The van der Waals surface area contributed by atoms with Crippen molar-refractivity contribution in [2.45, 2.75) is 18.9 Å². The number of benzene rings is 1. The number of hydrogen-bond donors (Lipinski definition) is 2. The van der Waals surface area contributed by atoms with E-state index in [4.69, 9.17) is 15.2 Å². The van der Waals surface area contributed by atoms with E-state index in [9.17, 15) is 5.11 Å². The fraction of sp³-hybridized carbons (Fsp3) is 0.538. The summed E-state index contributed by atoms with van der Waals surface area (Å²) < 4.78 is 11.9. The van der Waals surface area contributed by atoms with Crippen LogP contribution in [0, 0.1) is 5.92 Å². The van der Waals surface area contributed by atoms with Gasteiger partial charge in [-0.2, -0.15) is 0 Å². The van der Waals surface area contributed by atoms with E-state index < -0.39 is 0 Å². The van der Waals surface area contributed by atoms with Gasteiger partial charge >= 0.3 is 0 Å². The SMILES string of the molecule is COc1cc([C@@H](N)C2CCOCC2)c(Br)c(Br)c1O. The normalized spacial score (nSPS) is 18.3. The highest BCUT2D eigenvalue weighted by Gasteiger charge is 2.26. The van der Waals surface area contributed by atoms with E-state index in [-0.39, 0.29) is 11.8 Å². The van der Waals surface area contributed by atoms with Crippen LogP contribution in [0.25, 0.3) is 0 Å². The van der Waals surface area contributed by atoms with Crippen LogP contribution >= 0.6 is 31.9 Å². The molecule has 0 aromatic heterocycles. The maximum absolute atomic E-state index is 9.93. The van der Waals surface area contributed by atoms with Crippen LogP contribution in [-0.4, -0.2) is 25.4 Å². The van der Waals surface area contributed by atoms with Gasteiger partial charge in [-0.05, 0) is 62.2 Å². The minimum absolute atomic E-state index is 0.0808. The molecule has 0 unspecified atom stereocenters. The first-order valence-corrected chi connectivity index (χ1v) is 7.73. The van der Waals surface area contributed by atoms with Crippen molar-refractivity contribution in [3.63, 3.8) is 0 Å². The number of rotatable bonds is 3. The van der Waals surface area contributed by atoms with E-state index in [0.717, 1.165) is 36.1 Å². The smallest absolute Gasteiger partial charge is 0.173 e. The van der Waals surface area contributed by atoms with Gasteiger partial charge in [-0.3, -0.25) is 0 Å². The van der Waals surface area contributed by atoms with Crippen molar-refractivity contribution in [3.05, 3.63) is 20.6 Å². The number of nitrogens with two attached hydrogens (primary N) is 1. The van der Waals surface area contributed by atoms with Crippen molar-refractivity contribution in [2.24, 2.45) is 11.7 Å². The maximum atomic E-state index is 9.93. The van der Waals surface area contributed by atoms with Crippen molar-refractivity contribution >= 4 is 31.9 Å². The Labute approximate surface area is 129 Å². The average Bonchev–Trinajstić information content (AvgIpc) is 2.45. The van der Waals surface area contributed by atoms with Crippen LogP contribution in [0.3, 0.4) is 0 Å². The third-order valence-corrected chi connectivity index (χ3v) is 5.69. The Morgan fingerprint density at radius 3 is 2.58 bits per heavy atom. The third kappa shape index (κ3) is 3.07. The molecule has 1 heterocycles. The Morgan fingerprint density at radius 2 is 2.00 bits per heavy atom. The molecule has 2 rings (SSSR count). The van der Waals surface area contributed by atoms with Crippen LogP contribution in [0.2, 0.25) is 0 Å². The molecule has 106 valence electrons. The zero-order chi connectivity index (χ0) is 14.0. The quantitative estimate of drug-likeness (QED) is 0.824. The summed E-state index contributed by atoms with van der Waals surface area (Å²) in [7, 11) is 1.53. The molecule has 1 aromatic carbocycles. The molecule has 1 aliphatic heterocycles. The second-order valence-electron chi connectivity index (χ2n) is 4.62. The molecule has 1 atom stereocenters. The topological polar surface area (TPSA) is 64.7 Å². The number of phenols is 1. The summed E-state index contributed by atoms with van der Waals surface area (Å²) in [5, 5.41) is 9.93. The number of hydrogen-bond acceptors (Lipinski definition) is 4. The Balaban J connectivity index is 2.35. The van der Waals surface area contributed by atoms with E-state index in [1.165, 1.54) is 7.11 Å². The molecule has 0 bridgehead atoms. The zero-order valence-corrected chi connectivity index (χ0v) is 13.8. The molecule has 1 saturated heterocycles. The van der Waals surface area contributed by atoms with Gasteiger partial charge in [0.25, 0.3) is 0 Å². The molecular formula is C13H17Br2NO3. The highest BCUT2D eigenvalue weighted by molar-refractivity contribution is 9.13. The molecule has 0 aliphatic carbocycles. The summed E-state index contributed by atoms with van der Waals surface area (Å²) in [4.78, 5) is 0. The Hall–Kier alpha value is -0.300. The molecule has 0 amide bonds. The lowest BCUT2D eigenvalue weighted by Crippen LogP contribution is -2.27. The molecule has 4 nitrogen and oxygen atoms in total. The van der Waals surface area contributed by atoms with Gasteiger partial charge in [0.1, 0.15) is 0 Å². The molecule has 1 fully saturated rings. The van der Waals surface area contributed by atoms with Crippen LogP contribution in [0.5, 0.6) is 11.5 Å². The first kappa shape index (κ1) is 15.1. The number of ether oxygens (including phenoxy) is 2. The van der Waals surface area contributed by atoms with Gasteiger partial charge in [0.2, 0.25) is 0 Å². The first-order valence-electron chi connectivity index (χ1n) is 6.14. The monoisotopic (exact) mass is 393 g/mol. The summed E-state index contributed by atoms with van der Waals surface area (Å²) in [5.41, 5.74) is 7.31. The van der Waals surface area contributed by atoms with Crippen molar-refractivity contribution in [1.29, 1.82) is 0 Å². The lowest BCUT2D eigenvalue weighted by atomic mass is 9.87. The summed E-state index contributed by atoms with van der Waals surface area (Å²) in [6, 6.07) is 1.69. The van der Waals surface area contributed by atoms with Crippen molar-refractivity contribution in [2.75, 3.05) is 20.3 Å². The molecule has 3 N–H and O–H groups in total. The summed E-state index contributed by atoms with van der Waals surface area (Å²) >= 11 is 6.84. The molecule has 1 aliphatic rings. The number of methoxy groups -OCH3 is 1. The second kappa shape index (κ2) is 6.43. The van der Waals surface area contributed by atoms with Gasteiger partial charge in [-0.1, -0.05) is 0 Å². The fourth-order valence-corrected chi connectivity index (χ4v) is 3.33. The molecule has 6 heteroatoms. The molecule has 0 radical (unpaired) electrons. The molecule has 1 aromatic rings. The summed E-state index contributed by atoms with van der Waals surface area (Å²) in [6.07, 6.45) is 1.91. The number of aromatic hydroxyl groups is 1. The van der Waals surface area contributed by atoms with Crippen LogP contribution in [0.4, 0.5) is 0 Å². The van der Waals surface area contributed by atoms with Crippen LogP contribution < -0.4 is 10.5 Å². The Bertz CT molecular complexity index is 462. The minimum atomic E-state index is -0.107. The van der Waals surface area contributed by atoms with Crippen molar-refractivity contribution in [1.82, 2.24) is 0 Å². The van der Waals surface area contributed by atoms with E-state index in [0.29, 0.717) is 16.1 Å². The minimum Gasteiger partial charge on any atom is -0.503 e. The molecular weight excluding hydrogens is 378 g/mol. The standard InChI is InChI=1S/C13H17Br2NO3/c1-18-9-6-8(10(14)11(15)13(9)17)12(16)7-2-4-19-5-3-7/h6-7,12,17H,2-5,16H2,1H3/t12-/m0/s1. The van der Waals surface area contributed by atoms with Crippen LogP contribution in [0.1, 0.15) is 24.4 Å². The summed E-state index contributed by atoms with van der Waals surface area (Å²) in [6.45, 7) is 1.51. The van der Waals surface area contributed by atoms with Crippen LogP contribution in [0.15, 0.2) is 15.0 Å². The lowest BCUT2D eigenvalue weighted by molar-refractivity contribution is 0.0582. The Morgan fingerprint density at radius 1 is 1.37 bits per heavy atom. The van der Waals surface area contributed by atoms with Gasteiger partial charge in [0.05, 0.1) is 11.6 Å². The maximum Gasteiger partial charge on any atom is 0.173 e. The zero-order valence-electron chi connectivity index (χ0n) is 10.7. The Kier molecular flexibility index (Phi) is 5.11. The van der Waals surface area contributed by atoms with E-state index in [2.05, 4.69) is 31.9 Å². The van der Waals surface area contributed by atoms with E-state index in [1.54, 1.807) is 6.07 Å².